The minimum Gasteiger partial charge on any atom is -0.388 e. The predicted octanol–water partition coefficient (Wildman–Crippen LogP) is 3.11. The topological polar surface area (TPSA) is 29.5 Å². The molecule has 0 fully saturated rings. The van der Waals surface area contributed by atoms with E-state index in [0.717, 1.165) is 17.5 Å². The summed E-state index contributed by atoms with van der Waals surface area (Å²) in [7, 11) is 1.66. The number of rotatable bonds is 5. The fourth-order valence-electron chi connectivity index (χ4n) is 1.54. The minimum atomic E-state index is -0.447. The second kappa shape index (κ2) is 6.11. The minimum absolute atomic E-state index is 0.447. The highest BCUT2D eigenvalue weighted by molar-refractivity contribution is 6.30. The molecule has 1 unspecified atom stereocenters. The quantitative estimate of drug-likeness (QED) is 0.785. The van der Waals surface area contributed by atoms with Gasteiger partial charge in [-0.25, -0.2) is 0 Å². The molecule has 1 rings (SSSR count). The molecule has 1 aromatic carbocycles. The molecule has 84 valence electrons. The molecular weight excluding hydrogens is 212 g/mol. The molecule has 1 aromatic rings. The standard InChI is InChI=1S/C12H17ClO2/c1-9-6-10(8-11(13)7-9)12(14)4-3-5-15-2/h6-8,12,14H,3-5H2,1-2H3. The van der Waals surface area contributed by atoms with Gasteiger partial charge in [0.25, 0.3) is 0 Å². The molecule has 0 bridgehead atoms. The van der Waals surface area contributed by atoms with Gasteiger partial charge in [-0.15, -0.1) is 0 Å². The van der Waals surface area contributed by atoms with Crippen LogP contribution >= 0.6 is 11.6 Å². The second-order valence-corrected chi connectivity index (χ2v) is 4.15. The zero-order valence-electron chi connectivity index (χ0n) is 9.16. The molecule has 0 spiro atoms. The van der Waals surface area contributed by atoms with Crippen molar-refractivity contribution in [2.45, 2.75) is 25.9 Å². The van der Waals surface area contributed by atoms with E-state index in [1.165, 1.54) is 0 Å². The number of aryl methyl sites for hydroxylation is 1. The Kier molecular flexibility index (Phi) is 5.09. The largest absolute Gasteiger partial charge is 0.388 e. The molecule has 0 radical (unpaired) electrons. The fraction of sp³-hybridized carbons (Fsp3) is 0.500. The van der Waals surface area contributed by atoms with E-state index in [9.17, 15) is 5.11 Å². The summed E-state index contributed by atoms with van der Waals surface area (Å²) in [5.41, 5.74) is 1.96. The van der Waals surface area contributed by atoms with Gasteiger partial charge in [-0.2, -0.15) is 0 Å². The van der Waals surface area contributed by atoms with Crippen LogP contribution in [-0.4, -0.2) is 18.8 Å². The molecule has 0 aliphatic rings. The molecule has 2 nitrogen and oxygen atoms in total. The molecule has 0 aliphatic carbocycles. The fourth-order valence-corrected chi connectivity index (χ4v) is 1.84. The van der Waals surface area contributed by atoms with Crippen molar-refractivity contribution in [2.24, 2.45) is 0 Å². The summed E-state index contributed by atoms with van der Waals surface area (Å²) in [6, 6.07) is 5.66. The first kappa shape index (κ1) is 12.5. The van der Waals surface area contributed by atoms with Crippen LogP contribution in [0.3, 0.4) is 0 Å². The maximum atomic E-state index is 9.88. The molecular formula is C12H17ClO2. The van der Waals surface area contributed by atoms with Crippen molar-refractivity contribution in [3.8, 4) is 0 Å². The van der Waals surface area contributed by atoms with Crippen LogP contribution in [-0.2, 0) is 4.74 Å². The number of hydrogen-bond donors (Lipinski definition) is 1. The maximum absolute atomic E-state index is 9.88. The first-order valence-corrected chi connectivity index (χ1v) is 5.45. The van der Waals surface area contributed by atoms with E-state index in [1.807, 2.05) is 25.1 Å². The van der Waals surface area contributed by atoms with Crippen LogP contribution in [0.4, 0.5) is 0 Å². The zero-order chi connectivity index (χ0) is 11.3. The molecule has 1 atom stereocenters. The van der Waals surface area contributed by atoms with Gasteiger partial charge in [-0.3, -0.25) is 0 Å². The Morgan fingerprint density at radius 3 is 2.73 bits per heavy atom. The summed E-state index contributed by atoms with van der Waals surface area (Å²) in [5.74, 6) is 0. The summed E-state index contributed by atoms with van der Waals surface area (Å²) in [5, 5.41) is 10.6. The number of aliphatic hydroxyl groups excluding tert-OH is 1. The average Bonchev–Trinajstić information content (AvgIpc) is 2.16. The monoisotopic (exact) mass is 228 g/mol. The third-order valence-corrected chi connectivity index (χ3v) is 2.49. The van der Waals surface area contributed by atoms with E-state index < -0.39 is 6.10 Å². The molecule has 0 saturated carbocycles. The Morgan fingerprint density at radius 2 is 2.13 bits per heavy atom. The lowest BCUT2D eigenvalue weighted by atomic mass is 10.0. The van der Waals surface area contributed by atoms with Crippen molar-refractivity contribution >= 4 is 11.6 Å². The van der Waals surface area contributed by atoms with Crippen molar-refractivity contribution in [2.75, 3.05) is 13.7 Å². The Labute approximate surface area is 95.8 Å². The Hall–Kier alpha value is -0.570. The van der Waals surface area contributed by atoms with Gasteiger partial charge in [-0.05, 0) is 43.0 Å². The number of hydrogen-bond acceptors (Lipinski definition) is 2. The SMILES string of the molecule is COCCCC(O)c1cc(C)cc(Cl)c1. The van der Waals surface area contributed by atoms with Gasteiger partial charge >= 0.3 is 0 Å². The molecule has 0 amide bonds. The van der Waals surface area contributed by atoms with Crippen LogP contribution in [0.25, 0.3) is 0 Å². The lowest BCUT2D eigenvalue weighted by Gasteiger charge is -2.11. The molecule has 0 saturated heterocycles. The van der Waals surface area contributed by atoms with Crippen molar-refractivity contribution in [3.63, 3.8) is 0 Å². The number of methoxy groups -OCH3 is 1. The van der Waals surface area contributed by atoms with Crippen molar-refractivity contribution in [1.82, 2.24) is 0 Å². The van der Waals surface area contributed by atoms with Gasteiger partial charge in [0, 0.05) is 18.7 Å². The number of halogens is 1. The predicted molar refractivity (Wildman–Crippen MR) is 62.3 cm³/mol. The van der Waals surface area contributed by atoms with E-state index in [1.54, 1.807) is 7.11 Å². The lowest BCUT2D eigenvalue weighted by molar-refractivity contribution is 0.136. The highest BCUT2D eigenvalue weighted by atomic mass is 35.5. The third kappa shape index (κ3) is 4.20. The van der Waals surface area contributed by atoms with Gasteiger partial charge in [0.2, 0.25) is 0 Å². The van der Waals surface area contributed by atoms with Crippen LogP contribution < -0.4 is 0 Å². The summed E-state index contributed by atoms with van der Waals surface area (Å²) in [4.78, 5) is 0. The number of benzene rings is 1. The van der Waals surface area contributed by atoms with Crippen LogP contribution in [0.5, 0.6) is 0 Å². The van der Waals surface area contributed by atoms with Crippen LogP contribution in [0.2, 0.25) is 5.02 Å². The molecule has 15 heavy (non-hydrogen) atoms. The third-order valence-electron chi connectivity index (χ3n) is 2.28. The van der Waals surface area contributed by atoms with Crippen LogP contribution in [0.15, 0.2) is 18.2 Å². The van der Waals surface area contributed by atoms with Gasteiger partial charge < -0.3 is 9.84 Å². The van der Waals surface area contributed by atoms with E-state index in [4.69, 9.17) is 16.3 Å². The Morgan fingerprint density at radius 1 is 1.40 bits per heavy atom. The van der Waals surface area contributed by atoms with E-state index in [2.05, 4.69) is 0 Å². The average molecular weight is 229 g/mol. The Balaban J connectivity index is 2.60. The first-order valence-electron chi connectivity index (χ1n) is 5.07. The van der Waals surface area contributed by atoms with E-state index in [-0.39, 0.29) is 0 Å². The number of aliphatic hydroxyl groups is 1. The Bertz CT molecular complexity index is 292. The van der Waals surface area contributed by atoms with Crippen molar-refractivity contribution in [1.29, 1.82) is 0 Å². The molecule has 0 heterocycles. The van der Waals surface area contributed by atoms with Crippen LogP contribution in [0, 0.1) is 6.92 Å². The molecule has 0 aliphatic heterocycles. The summed E-state index contributed by atoms with van der Waals surface area (Å²) in [6.07, 6.45) is 1.11. The van der Waals surface area contributed by atoms with E-state index >= 15 is 0 Å². The van der Waals surface area contributed by atoms with Crippen LogP contribution in [0.1, 0.15) is 30.1 Å². The molecule has 0 aromatic heterocycles. The summed E-state index contributed by atoms with van der Waals surface area (Å²) < 4.78 is 4.94. The van der Waals surface area contributed by atoms with Gasteiger partial charge in [0.15, 0.2) is 0 Å². The normalized spacial score (nSPS) is 12.8. The van der Waals surface area contributed by atoms with Crippen molar-refractivity contribution < 1.29 is 9.84 Å². The van der Waals surface area contributed by atoms with Gasteiger partial charge in [-0.1, -0.05) is 17.7 Å². The van der Waals surface area contributed by atoms with E-state index in [0.29, 0.717) is 18.1 Å². The number of ether oxygens (including phenoxy) is 1. The summed E-state index contributed by atoms with van der Waals surface area (Å²) >= 11 is 5.92. The molecule has 3 heteroatoms. The zero-order valence-corrected chi connectivity index (χ0v) is 9.92. The molecule has 1 N–H and O–H groups in total. The second-order valence-electron chi connectivity index (χ2n) is 3.71. The smallest absolute Gasteiger partial charge is 0.0791 e. The van der Waals surface area contributed by atoms with Gasteiger partial charge in [0.1, 0.15) is 0 Å². The highest BCUT2D eigenvalue weighted by Gasteiger charge is 2.08. The lowest BCUT2D eigenvalue weighted by Crippen LogP contribution is -2.00. The maximum Gasteiger partial charge on any atom is 0.0791 e. The van der Waals surface area contributed by atoms with Crippen molar-refractivity contribution in [3.05, 3.63) is 34.3 Å². The summed E-state index contributed by atoms with van der Waals surface area (Å²) in [6.45, 7) is 2.65. The first-order chi connectivity index (χ1) is 7.13. The van der Waals surface area contributed by atoms with Gasteiger partial charge in [0.05, 0.1) is 6.10 Å². The highest BCUT2D eigenvalue weighted by Crippen LogP contribution is 2.23.